The first-order valence-electron chi connectivity index (χ1n) is 7.65. The minimum Gasteiger partial charge on any atom is -0.481 e. The topological polar surface area (TPSA) is 90.9 Å². The number of nitrogens with zero attached hydrogens (tertiary/aromatic N) is 1. The van der Waals surface area contributed by atoms with Crippen molar-refractivity contribution >= 4 is 12.0 Å². The highest BCUT2D eigenvalue weighted by Gasteiger charge is 2.40. The summed E-state index contributed by atoms with van der Waals surface area (Å²) >= 11 is 0. The third kappa shape index (κ3) is 4.57. The van der Waals surface area contributed by atoms with Crippen molar-refractivity contribution in [2.75, 3.05) is 32.8 Å². The molecule has 2 fully saturated rings. The summed E-state index contributed by atoms with van der Waals surface area (Å²) in [6.45, 7) is 5.97. The number of rotatable bonds is 6. The van der Waals surface area contributed by atoms with Gasteiger partial charge in [0.25, 0.3) is 0 Å². The van der Waals surface area contributed by atoms with Crippen molar-refractivity contribution in [2.45, 2.75) is 44.2 Å². The molecular weight excluding hydrogens is 274 g/mol. The summed E-state index contributed by atoms with van der Waals surface area (Å²) < 4.78 is 5.62. The van der Waals surface area contributed by atoms with Crippen molar-refractivity contribution in [1.82, 2.24) is 15.5 Å². The maximum absolute atomic E-state index is 11.9. The van der Waals surface area contributed by atoms with Gasteiger partial charge in [0.2, 0.25) is 0 Å². The van der Waals surface area contributed by atoms with Crippen molar-refractivity contribution in [2.24, 2.45) is 0 Å². The molecule has 7 nitrogen and oxygen atoms in total. The lowest BCUT2D eigenvalue weighted by Gasteiger charge is -2.41. The Morgan fingerprint density at radius 3 is 2.76 bits per heavy atom. The predicted molar refractivity (Wildman–Crippen MR) is 77.2 cm³/mol. The maximum atomic E-state index is 11.9. The van der Waals surface area contributed by atoms with Crippen LogP contribution in [0.15, 0.2) is 0 Å². The number of morpholine rings is 1. The first-order chi connectivity index (χ1) is 10.0. The molecule has 7 heteroatoms. The number of likely N-dealkylation sites (N-methyl/N-ethyl adjacent to an activating group) is 1. The summed E-state index contributed by atoms with van der Waals surface area (Å²) in [6, 6.07) is -0.298. The van der Waals surface area contributed by atoms with Crippen LogP contribution < -0.4 is 10.6 Å². The fraction of sp³-hybridized carbons (Fsp3) is 0.857. The highest BCUT2D eigenvalue weighted by molar-refractivity contribution is 5.77. The highest BCUT2D eigenvalue weighted by Crippen LogP contribution is 2.34. The Hall–Kier alpha value is -1.34. The van der Waals surface area contributed by atoms with Crippen LogP contribution in [0.3, 0.4) is 0 Å². The first kappa shape index (κ1) is 16.0. The Kier molecular flexibility index (Phi) is 5.41. The largest absolute Gasteiger partial charge is 0.481 e. The Labute approximate surface area is 125 Å². The van der Waals surface area contributed by atoms with Gasteiger partial charge < -0.3 is 20.5 Å². The summed E-state index contributed by atoms with van der Waals surface area (Å²) in [5, 5.41) is 14.5. The van der Waals surface area contributed by atoms with Gasteiger partial charge in [-0.3, -0.25) is 9.69 Å². The van der Waals surface area contributed by atoms with Crippen molar-refractivity contribution in [3.05, 3.63) is 0 Å². The van der Waals surface area contributed by atoms with E-state index in [1.165, 1.54) is 0 Å². The molecule has 2 amide bonds. The Bertz CT molecular complexity index is 384. The van der Waals surface area contributed by atoms with Gasteiger partial charge in [-0.2, -0.15) is 0 Å². The number of amides is 2. The number of nitrogens with one attached hydrogen (secondary N) is 2. The van der Waals surface area contributed by atoms with E-state index in [0.29, 0.717) is 13.2 Å². The fourth-order valence-corrected chi connectivity index (χ4v) is 2.92. The predicted octanol–water partition coefficient (Wildman–Crippen LogP) is 0.404. The van der Waals surface area contributed by atoms with Crippen LogP contribution in [0.4, 0.5) is 4.79 Å². The molecule has 0 spiro atoms. The molecule has 2 aliphatic rings. The monoisotopic (exact) mass is 299 g/mol. The molecule has 3 N–H and O–H groups in total. The minimum absolute atomic E-state index is 0.00117. The van der Waals surface area contributed by atoms with E-state index in [1.54, 1.807) is 0 Å². The normalized spacial score (nSPS) is 24.9. The number of carbonyl (C=O) groups excluding carboxylic acids is 1. The number of carboxylic acid groups (broad SMARTS) is 1. The number of ether oxygens (including phenoxy) is 1. The van der Waals surface area contributed by atoms with Crippen LogP contribution in [-0.2, 0) is 9.53 Å². The Balaban J connectivity index is 1.73. The van der Waals surface area contributed by atoms with E-state index in [1.807, 2.05) is 0 Å². The smallest absolute Gasteiger partial charge is 0.315 e. The summed E-state index contributed by atoms with van der Waals surface area (Å²) in [4.78, 5) is 25.1. The molecule has 1 saturated heterocycles. The minimum atomic E-state index is -0.871. The van der Waals surface area contributed by atoms with Gasteiger partial charge in [0.15, 0.2) is 0 Å². The number of aliphatic carboxylic acids is 1. The van der Waals surface area contributed by atoms with Crippen LogP contribution in [0.25, 0.3) is 0 Å². The van der Waals surface area contributed by atoms with E-state index in [-0.39, 0.29) is 18.6 Å². The summed E-state index contributed by atoms with van der Waals surface area (Å²) in [6.07, 6.45) is 2.42. The van der Waals surface area contributed by atoms with Crippen molar-refractivity contribution in [1.29, 1.82) is 0 Å². The van der Waals surface area contributed by atoms with E-state index in [0.717, 1.165) is 38.9 Å². The van der Waals surface area contributed by atoms with Crippen LogP contribution in [0.2, 0.25) is 0 Å². The summed E-state index contributed by atoms with van der Waals surface area (Å²) in [5.74, 6) is -0.871. The molecule has 0 radical (unpaired) electrons. The molecule has 1 atom stereocenters. The third-order valence-corrected chi connectivity index (χ3v) is 4.34. The molecule has 0 aromatic rings. The molecule has 0 aromatic carbocycles. The number of carboxylic acids is 1. The van der Waals surface area contributed by atoms with Crippen molar-refractivity contribution < 1.29 is 19.4 Å². The average molecular weight is 299 g/mol. The lowest BCUT2D eigenvalue weighted by molar-refractivity contribution is -0.139. The second-order valence-corrected chi connectivity index (χ2v) is 5.93. The zero-order valence-corrected chi connectivity index (χ0v) is 12.6. The molecule has 0 aromatic heterocycles. The van der Waals surface area contributed by atoms with Crippen molar-refractivity contribution in [3.8, 4) is 0 Å². The van der Waals surface area contributed by atoms with E-state index in [4.69, 9.17) is 9.84 Å². The zero-order valence-electron chi connectivity index (χ0n) is 12.6. The Morgan fingerprint density at radius 2 is 2.19 bits per heavy atom. The van der Waals surface area contributed by atoms with Crippen LogP contribution in [0.5, 0.6) is 0 Å². The van der Waals surface area contributed by atoms with Gasteiger partial charge in [0, 0.05) is 19.6 Å². The zero-order chi connectivity index (χ0) is 15.3. The van der Waals surface area contributed by atoms with Gasteiger partial charge in [-0.25, -0.2) is 4.79 Å². The molecular formula is C14H25N3O4. The van der Waals surface area contributed by atoms with Crippen LogP contribution in [-0.4, -0.2) is 66.4 Å². The second kappa shape index (κ2) is 7.09. The van der Waals surface area contributed by atoms with Crippen LogP contribution in [0, 0.1) is 0 Å². The van der Waals surface area contributed by atoms with E-state index >= 15 is 0 Å². The molecule has 1 heterocycles. The van der Waals surface area contributed by atoms with Crippen LogP contribution >= 0.6 is 0 Å². The first-order valence-corrected chi connectivity index (χ1v) is 7.65. The average Bonchev–Trinajstić information content (AvgIpc) is 2.42. The second-order valence-electron chi connectivity index (χ2n) is 5.93. The van der Waals surface area contributed by atoms with Gasteiger partial charge in [0.05, 0.1) is 24.7 Å². The van der Waals surface area contributed by atoms with Gasteiger partial charge in [-0.05, 0) is 25.8 Å². The van der Waals surface area contributed by atoms with Gasteiger partial charge in [0.1, 0.15) is 0 Å². The van der Waals surface area contributed by atoms with Gasteiger partial charge in [-0.1, -0.05) is 6.92 Å². The van der Waals surface area contributed by atoms with E-state index < -0.39 is 11.5 Å². The molecule has 1 unspecified atom stereocenters. The molecule has 120 valence electrons. The highest BCUT2D eigenvalue weighted by atomic mass is 16.5. The van der Waals surface area contributed by atoms with Crippen molar-refractivity contribution in [3.63, 3.8) is 0 Å². The molecule has 21 heavy (non-hydrogen) atoms. The summed E-state index contributed by atoms with van der Waals surface area (Å²) in [5.41, 5.74) is -0.557. The Morgan fingerprint density at radius 1 is 1.43 bits per heavy atom. The van der Waals surface area contributed by atoms with E-state index in [2.05, 4.69) is 22.5 Å². The molecule has 2 rings (SSSR count). The summed E-state index contributed by atoms with van der Waals surface area (Å²) in [7, 11) is 0. The van der Waals surface area contributed by atoms with Gasteiger partial charge >= 0.3 is 12.0 Å². The molecule has 0 bridgehead atoms. The number of urea groups is 1. The maximum Gasteiger partial charge on any atom is 0.315 e. The molecule has 1 aliphatic heterocycles. The fourth-order valence-electron chi connectivity index (χ4n) is 2.92. The van der Waals surface area contributed by atoms with Crippen LogP contribution in [0.1, 0.15) is 32.6 Å². The van der Waals surface area contributed by atoms with E-state index in [9.17, 15) is 9.59 Å². The number of hydrogen-bond acceptors (Lipinski definition) is 4. The number of hydrogen-bond donors (Lipinski definition) is 3. The third-order valence-electron chi connectivity index (χ3n) is 4.34. The molecule has 1 saturated carbocycles. The molecule has 1 aliphatic carbocycles. The van der Waals surface area contributed by atoms with Gasteiger partial charge in [-0.15, -0.1) is 0 Å². The lowest BCUT2D eigenvalue weighted by atomic mass is 9.74. The SMILES string of the molecule is CCN1CCOC(CNC(=O)NC2(CC(=O)O)CCC2)C1. The quantitative estimate of drug-likeness (QED) is 0.660. The standard InChI is InChI=1S/C14H25N3O4/c1-2-17-6-7-21-11(10-17)9-15-13(20)16-14(4-3-5-14)8-12(18)19/h11H,2-10H2,1H3,(H,18,19)(H2,15,16,20). The number of carbonyl (C=O) groups is 2. The lowest BCUT2D eigenvalue weighted by Crippen LogP contribution is -2.58.